The summed E-state index contributed by atoms with van der Waals surface area (Å²) in [5.74, 6) is 1.50. The lowest BCUT2D eigenvalue weighted by atomic mass is 10.1. The Balaban J connectivity index is 2.45. The van der Waals surface area contributed by atoms with Gasteiger partial charge in [0.25, 0.3) is 0 Å². The van der Waals surface area contributed by atoms with E-state index in [0.29, 0.717) is 12.0 Å². The van der Waals surface area contributed by atoms with Crippen LogP contribution in [0.1, 0.15) is 44.1 Å². The van der Waals surface area contributed by atoms with Crippen molar-refractivity contribution in [1.82, 2.24) is 15.3 Å². The van der Waals surface area contributed by atoms with Gasteiger partial charge in [-0.15, -0.1) is 0 Å². The highest BCUT2D eigenvalue weighted by molar-refractivity contribution is 5.76. The van der Waals surface area contributed by atoms with Crippen molar-refractivity contribution in [2.75, 3.05) is 7.05 Å². The molecule has 1 aromatic heterocycles. The molecule has 1 atom stereocenters. The number of hydrogen-bond donors (Lipinski definition) is 2. The van der Waals surface area contributed by atoms with E-state index in [4.69, 9.17) is 0 Å². The number of hydrogen-bond acceptors (Lipinski definition) is 2. The SMILES string of the molecule is CNC(C)c1ccc2nc(C(C)C)[nH]c2c1. The number of nitrogens with zero attached hydrogens (tertiary/aromatic N) is 1. The summed E-state index contributed by atoms with van der Waals surface area (Å²) in [6, 6.07) is 6.76. The monoisotopic (exact) mass is 217 g/mol. The average molecular weight is 217 g/mol. The molecule has 1 heterocycles. The highest BCUT2D eigenvalue weighted by Crippen LogP contribution is 2.21. The predicted octanol–water partition coefficient (Wildman–Crippen LogP) is 2.97. The molecule has 2 rings (SSSR count). The fourth-order valence-corrected chi connectivity index (χ4v) is 1.76. The molecule has 0 aliphatic heterocycles. The van der Waals surface area contributed by atoms with Gasteiger partial charge >= 0.3 is 0 Å². The Labute approximate surface area is 96.3 Å². The van der Waals surface area contributed by atoms with Crippen molar-refractivity contribution in [3.63, 3.8) is 0 Å². The highest BCUT2D eigenvalue weighted by Gasteiger charge is 2.08. The Bertz CT molecular complexity index is 485. The molecule has 0 amide bonds. The molecular weight excluding hydrogens is 198 g/mol. The van der Waals surface area contributed by atoms with Crippen molar-refractivity contribution in [2.24, 2.45) is 0 Å². The van der Waals surface area contributed by atoms with E-state index in [-0.39, 0.29) is 0 Å². The van der Waals surface area contributed by atoms with Crippen LogP contribution in [0.25, 0.3) is 11.0 Å². The lowest BCUT2D eigenvalue weighted by Crippen LogP contribution is -2.11. The summed E-state index contributed by atoms with van der Waals surface area (Å²) in [6.45, 7) is 6.45. The molecule has 0 bridgehead atoms. The molecule has 2 aromatic rings. The average Bonchev–Trinajstić information content (AvgIpc) is 2.70. The summed E-state index contributed by atoms with van der Waals surface area (Å²) in [5.41, 5.74) is 3.47. The second-order valence-corrected chi connectivity index (χ2v) is 4.56. The van der Waals surface area contributed by atoms with Gasteiger partial charge < -0.3 is 10.3 Å². The molecule has 0 aliphatic rings. The normalized spacial score (nSPS) is 13.6. The molecule has 1 aromatic carbocycles. The standard InChI is InChI=1S/C13H19N3/c1-8(2)13-15-11-6-5-10(9(3)14-4)7-12(11)16-13/h5-9,14H,1-4H3,(H,15,16). The van der Waals surface area contributed by atoms with E-state index >= 15 is 0 Å². The van der Waals surface area contributed by atoms with Gasteiger partial charge in [0, 0.05) is 12.0 Å². The Morgan fingerprint density at radius 2 is 2.00 bits per heavy atom. The summed E-state index contributed by atoms with van der Waals surface area (Å²) in [6.07, 6.45) is 0. The Hall–Kier alpha value is -1.35. The maximum Gasteiger partial charge on any atom is 0.109 e. The van der Waals surface area contributed by atoms with Crippen molar-refractivity contribution in [3.05, 3.63) is 29.6 Å². The van der Waals surface area contributed by atoms with E-state index in [1.165, 1.54) is 5.56 Å². The minimum absolute atomic E-state index is 0.371. The van der Waals surface area contributed by atoms with Crippen LogP contribution < -0.4 is 5.32 Å². The minimum Gasteiger partial charge on any atom is -0.342 e. The van der Waals surface area contributed by atoms with Crippen LogP contribution in [0.3, 0.4) is 0 Å². The van der Waals surface area contributed by atoms with E-state index in [2.05, 4.69) is 54.3 Å². The Morgan fingerprint density at radius 3 is 2.62 bits per heavy atom. The van der Waals surface area contributed by atoms with Crippen LogP contribution in [0.2, 0.25) is 0 Å². The van der Waals surface area contributed by atoms with Crippen molar-refractivity contribution in [2.45, 2.75) is 32.7 Å². The maximum atomic E-state index is 4.56. The van der Waals surface area contributed by atoms with Gasteiger partial charge in [0.2, 0.25) is 0 Å². The number of H-pyrrole nitrogens is 1. The van der Waals surface area contributed by atoms with Gasteiger partial charge in [0.15, 0.2) is 0 Å². The van der Waals surface area contributed by atoms with Gasteiger partial charge in [-0.05, 0) is 31.7 Å². The summed E-state index contributed by atoms with van der Waals surface area (Å²) in [5, 5.41) is 3.24. The maximum absolute atomic E-state index is 4.56. The van der Waals surface area contributed by atoms with Crippen LogP contribution in [-0.2, 0) is 0 Å². The first-order valence-electron chi connectivity index (χ1n) is 5.78. The fraction of sp³-hybridized carbons (Fsp3) is 0.462. The van der Waals surface area contributed by atoms with Crippen molar-refractivity contribution >= 4 is 11.0 Å². The highest BCUT2D eigenvalue weighted by atomic mass is 14.9. The largest absolute Gasteiger partial charge is 0.342 e. The summed E-state index contributed by atoms with van der Waals surface area (Å²) in [7, 11) is 1.97. The molecule has 0 aliphatic carbocycles. The number of imidazole rings is 1. The summed E-state index contributed by atoms with van der Waals surface area (Å²) < 4.78 is 0. The third kappa shape index (κ3) is 1.95. The third-order valence-electron chi connectivity index (χ3n) is 3.00. The topological polar surface area (TPSA) is 40.7 Å². The van der Waals surface area contributed by atoms with E-state index in [1.807, 2.05) is 7.05 Å². The Kier molecular flexibility index (Phi) is 2.97. The summed E-state index contributed by atoms with van der Waals surface area (Å²) in [4.78, 5) is 7.94. The molecule has 0 saturated heterocycles. The molecule has 0 radical (unpaired) electrons. The summed E-state index contributed by atoms with van der Waals surface area (Å²) >= 11 is 0. The van der Waals surface area contributed by atoms with Crippen molar-refractivity contribution < 1.29 is 0 Å². The molecule has 16 heavy (non-hydrogen) atoms. The first-order valence-corrected chi connectivity index (χ1v) is 5.78. The van der Waals surface area contributed by atoms with E-state index < -0.39 is 0 Å². The molecule has 0 saturated carbocycles. The second-order valence-electron chi connectivity index (χ2n) is 4.56. The first kappa shape index (κ1) is 11.1. The van der Waals surface area contributed by atoms with Crippen LogP contribution in [-0.4, -0.2) is 17.0 Å². The third-order valence-corrected chi connectivity index (χ3v) is 3.00. The minimum atomic E-state index is 0.371. The zero-order valence-corrected chi connectivity index (χ0v) is 10.3. The smallest absolute Gasteiger partial charge is 0.109 e. The van der Waals surface area contributed by atoms with Gasteiger partial charge in [-0.1, -0.05) is 19.9 Å². The number of aromatic nitrogens is 2. The van der Waals surface area contributed by atoms with Gasteiger partial charge in [-0.25, -0.2) is 4.98 Å². The van der Waals surface area contributed by atoms with Gasteiger partial charge in [0.1, 0.15) is 5.82 Å². The molecule has 0 fully saturated rings. The number of aromatic amines is 1. The Morgan fingerprint density at radius 1 is 1.25 bits per heavy atom. The lowest BCUT2D eigenvalue weighted by molar-refractivity contribution is 0.653. The first-order chi connectivity index (χ1) is 7.61. The zero-order valence-electron chi connectivity index (χ0n) is 10.3. The molecule has 1 unspecified atom stereocenters. The van der Waals surface area contributed by atoms with Gasteiger partial charge in [-0.3, -0.25) is 0 Å². The van der Waals surface area contributed by atoms with E-state index in [0.717, 1.165) is 16.9 Å². The van der Waals surface area contributed by atoms with Gasteiger partial charge in [-0.2, -0.15) is 0 Å². The fourth-order valence-electron chi connectivity index (χ4n) is 1.76. The van der Waals surface area contributed by atoms with E-state index in [1.54, 1.807) is 0 Å². The van der Waals surface area contributed by atoms with Crippen LogP contribution in [0.5, 0.6) is 0 Å². The van der Waals surface area contributed by atoms with Crippen LogP contribution >= 0.6 is 0 Å². The van der Waals surface area contributed by atoms with Crippen LogP contribution in [0, 0.1) is 0 Å². The molecule has 2 N–H and O–H groups in total. The quantitative estimate of drug-likeness (QED) is 0.829. The zero-order chi connectivity index (χ0) is 11.7. The number of nitrogens with one attached hydrogen (secondary N) is 2. The number of rotatable bonds is 3. The number of fused-ring (bicyclic) bond motifs is 1. The molecule has 0 spiro atoms. The molecule has 86 valence electrons. The molecule has 3 nitrogen and oxygen atoms in total. The van der Waals surface area contributed by atoms with Gasteiger partial charge in [0.05, 0.1) is 11.0 Å². The van der Waals surface area contributed by atoms with Crippen LogP contribution in [0.15, 0.2) is 18.2 Å². The number of benzene rings is 1. The van der Waals surface area contributed by atoms with Crippen molar-refractivity contribution in [1.29, 1.82) is 0 Å². The van der Waals surface area contributed by atoms with Crippen molar-refractivity contribution in [3.8, 4) is 0 Å². The van der Waals surface area contributed by atoms with Crippen LogP contribution in [0.4, 0.5) is 0 Å². The lowest BCUT2D eigenvalue weighted by Gasteiger charge is -2.09. The van der Waals surface area contributed by atoms with E-state index in [9.17, 15) is 0 Å². The molecule has 3 heteroatoms. The second kappa shape index (κ2) is 4.26. The predicted molar refractivity (Wildman–Crippen MR) is 67.7 cm³/mol. The molecular formula is C13H19N3.